The molecule has 3 heteroatoms. The van der Waals surface area contributed by atoms with Crippen LogP contribution >= 0.6 is 6.19 Å². The molecule has 0 aliphatic rings. The zero-order valence-electron chi connectivity index (χ0n) is 12.0. The summed E-state index contributed by atoms with van der Waals surface area (Å²) in [5.74, 6) is 0. The first-order chi connectivity index (χ1) is 10.8. The number of rotatable bonds is 4. The van der Waals surface area contributed by atoms with Crippen molar-refractivity contribution in [3.8, 4) is 0 Å². The molecule has 0 saturated carbocycles. The molecule has 0 radical (unpaired) electrons. The van der Waals surface area contributed by atoms with Gasteiger partial charge in [-0.25, -0.2) is 0 Å². The fraction of sp³-hybridized carbons (Fsp3) is 0. The number of hydrogen-bond donors (Lipinski definition) is 0. The van der Waals surface area contributed by atoms with Gasteiger partial charge >= 0.3 is 0 Å². The molecule has 0 atom stereocenters. The van der Waals surface area contributed by atoms with Gasteiger partial charge in [0, 0.05) is 16.8 Å². The van der Waals surface area contributed by atoms with E-state index < -0.39 is 6.19 Å². The topological polar surface area (TPSA) is 12.4 Å². The van der Waals surface area contributed by atoms with Crippen molar-refractivity contribution in [3.63, 3.8) is 0 Å². The van der Waals surface area contributed by atoms with Gasteiger partial charge in [-0.3, -0.25) is 4.76 Å². The average molecular weight is 321 g/mol. The number of nitrogens with zero attached hydrogens (tertiary/aromatic N) is 1. The molecular formula is C19H16NPS. The molecule has 3 aromatic rings. The summed E-state index contributed by atoms with van der Waals surface area (Å²) >= 11 is 6.05. The molecule has 0 bridgehead atoms. The van der Waals surface area contributed by atoms with E-state index in [1.54, 1.807) is 0 Å². The normalized spacial score (nSPS) is 11.6. The van der Waals surface area contributed by atoms with Crippen LogP contribution in [0.25, 0.3) is 0 Å². The zero-order valence-corrected chi connectivity index (χ0v) is 13.8. The SMILES string of the molecule is S=P(N=Cc1ccccc1)(c1ccccc1)c1ccccc1. The molecule has 0 spiro atoms. The van der Waals surface area contributed by atoms with Gasteiger partial charge in [-0.1, -0.05) is 103 Å². The molecular weight excluding hydrogens is 305 g/mol. The molecule has 3 aromatic carbocycles. The Morgan fingerprint density at radius 2 is 1.05 bits per heavy atom. The highest BCUT2D eigenvalue weighted by molar-refractivity contribution is 8.21. The predicted molar refractivity (Wildman–Crippen MR) is 100 cm³/mol. The lowest BCUT2D eigenvalue weighted by Gasteiger charge is -2.18. The zero-order chi connectivity index (χ0) is 15.3. The molecule has 0 saturated heterocycles. The van der Waals surface area contributed by atoms with Gasteiger partial charge in [0.05, 0.1) is 0 Å². The van der Waals surface area contributed by atoms with Gasteiger partial charge in [0.1, 0.15) is 6.19 Å². The second kappa shape index (κ2) is 6.83. The van der Waals surface area contributed by atoms with Crippen LogP contribution in [-0.4, -0.2) is 6.21 Å². The van der Waals surface area contributed by atoms with E-state index in [4.69, 9.17) is 16.6 Å². The summed E-state index contributed by atoms with van der Waals surface area (Å²) in [7, 11) is 0. The Balaban J connectivity index is 2.09. The molecule has 0 amide bonds. The van der Waals surface area contributed by atoms with Crippen molar-refractivity contribution in [2.24, 2.45) is 4.76 Å². The van der Waals surface area contributed by atoms with Crippen molar-refractivity contribution >= 4 is 34.8 Å². The quantitative estimate of drug-likeness (QED) is 0.519. The third-order valence-corrected chi connectivity index (χ3v) is 7.37. The van der Waals surface area contributed by atoms with Gasteiger partial charge in [-0.05, 0) is 5.56 Å². The second-order valence-corrected chi connectivity index (χ2v) is 8.90. The summed E-state index contributed by atoms with van der Waals surface area (Å²) in [5.41, 5.74) is 1.07. The van der Waals surface area contributed by atoms with E-state index in [1.165, 1.54) is 0 Å². The summed E-state index contributed by atoms with van der Waals surface area (Å²) in [4.78, 5) is 0. The van der Waals surface area contributed by atoms with Crippen molar-refractivity contribution < 1.29 is 0 Å². The highest BCUT2D eigenvalue weighted by Gasteiger charge is 2.20. The molecule has 0 aliphatic carbocycles. The minimum absolute atomic E-state index is 1.07. The van der Waals surface area contributed by atoms with Gasteiger partial charge in [0.25, 0.3) is 0 Å². The van der Waals surface area contributed by atoms with Crippen molar-refractivity contribution in [1.29, 1.82) is 0 Å². The molecule has 0 unspecified atom stereocenters. The van der Waals surface area contributed by atoms with Crippen LogP contribution < -0.4 is 10.6 Å². The maximum absolute atomic E-state index is 6.05. The maximum Gasteiger partial charge on any atom is 0.112 e. The Kier molecular flexibility index (Phi) is 4.62. The molecule has 1 nitrogen and oxygen atoms in total. The summed E-state index contributed by atoms with van der Waals surface area (Å²) in [6, 6.07) is 30.5. The standard InChI is InChI=1S/C19H16NPS/c22-21(18-12-6-2-7-13-18,19-14-8-3-9-15-19)20-16-17-10-4-1-5-11-17/h1-16H. The van der Waals surface area contributed by atoms with Crippen LogP contribution in [0.2, 0.25) is 0 Å². The Hall–Kier alpha value is -2.02. The molecule has 0 heterocycles. The van der Waals surface area contributed by atoms with Gasteiger partial charge < -0.3 is 0 Å². The average Bonchev–Trinajstić information content (AvgIpc) is 2.62. The van der Waals surface area contributed by atoms with Crippen LogP contribution in [0.5, 0.6) is 0 Å². The number of hydrogen-bond acceptors (Lipinski definition) is 1. The van der Waals surface area contributed by atoms with E-state index >= 15 is 0 Å². The van der Waals surface area contributed by atoms with Crippen LogP contribution in [-0.2, 0) is 11.8 Å². The Bertz CT molecular complexity index is 755. The summed E-state index contributed by atoms with van der Waals surface area (Å²) in [5, 5.41) is 2.23. The molecule has 0 aliphatic heterocycles. The lowest BCUT2D eigenvalue weighted by atomic mass is 10.2. The summed E-state index contributed by atoms with van der Waals surface area (Å²) in [6.45, 7) is 0. The number of benzene rings is 3. The Labute approximate surface area is 136 Å². The van der Waals surface area contributed by atoms with Crippen molar-refractivity contribution in [2.45, 2.75) is 0 Å². The molecule has 108 valence electrons. The van der Waals surface area contributed by atoms with Gasteiger partial charge in [-0.15, -0.1) is 0 Å². The third kappa shape index (κ3) is 3.24. The van der Waals surface area contributed by atoms with E-state index in [2.05, 4.69) is 24.3 Å². The molecule has 22 heavy (non-hydrogen) atoms. The lowest BCUT2D eigenvalue weighted by Crippen LogP contribution is -2.14. The first-order valence-corrected chi connectivity index (χ1v) is 9.86. The van der Waals surface area contributed by atoms with Crippen molar-refractivity contribution in [3.05, 3.63) is 96.6 Å². The van der Waals surface area contributed by atoms with Crippen LogP contribution in [0.15, 0.2) is 95.8 Å². The van der Waals surface area contributed by atoms with E-state index in [9.17, 15) is 0 Å². The smallest absolute Gasteiger partial charge is 0.112 e. The minimum Gasteiger partial charge on any atom is -0.251 e. The van der Waals surface area contributed by atoms with Crippen LogP contribution in [0, 0.1) is 0 Å². The van der Waals surface area contributed by atoms with E-state index in [1.807, 2.05) is 72.9 Å². The van der Waals surface area contributed by atoms with Crippen LogP contribution in [0.4, 0.5) is 0 Å². The second-order valence-electron chi connectivity index (χ2n) is 4.90. The fourth-order valence-corrected chi connectivity index (χ4v) is 5.11. The largest absolute Gasteiger partial charge is 0.251 e. The molecule has 0 fully saturated rings. The molecule has 0 aromatic heterocycles. The summed E-state index contributed by atoms with van der Waals surface area (Å²) < 4.78 is 4.87. The first kappa shape index (κ1) is 14.9. The van der Waals surface area contributed by atoms with E-state index in [0.29, 0.717) is 0 Å². The van der Waals surface area contributed by atoms with Crippen molar-refractivity contribution in [2.75, 3.05) is 0 Å². The predicted octanol–water partition coefficient (Wildman–Crippen LogP) is 4.15. The van der Waals surface area contributed by atoms with Crippen molar-refractivity contribution in [1.82, 2.24) is 0 Å². The third-order valence-electron chi connectivity index (χ3n) is 3.38. The van der Waals surface area contributed by atoms with E-state index in [0.717, 1.165) is 16.2 Å². The van der Waals surface area contributed by atoms with Crippen LogP contribution in [0.1, 0.15) is 5.56 Å². The highest BCUT2D eigenvalue weighted by Crippen LogP contribution is 2.45. The molecule has 0 N–H and O–H groups in total. The minimum atomic E-state index is -2.19. The van der Waals surface area contributed by atoms with Gasteiger partial charge in [0.15, 0.2) is 0 Å². The summed E-state index contributed by atoms with van der Waals surface area (Å²) in [6.07, 6.45) is -0.283. The van der Waals surface area contributed by atoms with Crippen LogP contribution in [0.3, 0.4) is 0 Å². The first-order valence-electron chi connectivity index (χ1n) is 7.11. The van der Waals surface area contributed by atoms with Gasteiger partial charge in [0.2, 0.25) is 0 Å². The van der Waals surface area contributed by atoms with E-state index in [-0.39, 0.29) is 0 Å². The monoisotopic (exact) mass is 321 g/mol. The lowest BCUT2D eigenvalue weighted by molar-refractivity contribution is 1.66. The molecule has 3 rings (SSSR count). The Morgan fingerprint density at radius 3 is 1.50 bits per heavy atom. The Morgan fingerprint density at radius 1 is 0.636 bits per heavy atom. The van der Waals surface area contributed by atoms with Gasteiger partial charge in [-0.2, -0.15) is 0 Å². The fourth-order valence-electron chi connectivity index (χ4n) is 2.23. The highest BCUT2D eigenvalue weighted by atomic mass is 32.4. The maximum atomic E-state index is 6.05.